The Labute approximate surface area is 86.0 Å². The molecule has 3 aliphatic heterocycles. The Hall–Kier alpha value is -0.160. The molecule has 0 unspecified atom stereocenters. The summed E-state index contributed by atoms with van der Waals surface area (Å²) in [6.45, 7) is 12.9. The van der Waals surface area contributed by atoms with Crippen molar-refractivity contribution in [3.05, 3.63) is 0 Å². The van der Waals surface area contributed by atoms with E-state index in [2.05, 4.69) is 19.6 Å². The molecule has 4 heteroatoms. The average molecular weight is 196 g/mol. The van der Waals surface area contributed by atoms with E-state index in [1.807, 2.05) is 0 Å². The Morgan fingerprint density at radius 3 is 1.64 bits per heavy atom. The molecule has 4 nitrogen and oxygen atoms in total. The minimum atomic E-state index is 1.20. The number of rotatable bonds is 7. The van der Waals surface area contributed by atoms with Crippen molar-refractivity contribution in [3.63, 3.8) is 0 Å². The topological polar surface area (TPSA) is 12.3 Å². The summed E-state index contributed by atoms with van der Waals surface area (Å²) >= 11 is 0. The molecule has 3 saturated heterocycles. The van der Waals surface area contributed by atoms with Crippen molar-refractivity contribution < 1.29 is 0 Å². The van der Waals surface area contributed by atoms with Crippen LogP contribution in [0.25, 0.3) is 0 Å². The molecular weight excluding hydrogens is 176 g/mol. The van der Waals surface area contributed by atoms with Gasteiger partial charge in [0.1, 0.15) is 0 Å². The molecule has 0 aromatic heterocycles. The van der Waals surface area contributed by atoms with Gasteiger partial charge in [-0.3, -0.25) is 19.6 Å². The lowest BCUT2D eigenvalue weighted by Crippen LogP contribution is -2.37. The molecule has 0 radical (unpaired) electrons. The molecule has 0 saturated carbocycles. The summed E-state index contributed by atoms with van der Waals surface area (Å²) in [6.07, 6.45) is 0. The predicted molar refractivity (Wildman–Crippen MR) is 56.0 cm³/mol. The normalized spacial score (nSPS) is 27.2. The highest BCUT2D eigenvalue weighted by Gasteiger charge is 2.26. The molecule has 3 fully saturated rings. The van der Waals surface area contributed by atoms with Crippen LogP contribution in [-0.4, -0.2) is 85.3 Å². The summed E-state index contributed by atoms with van der Waals surface area (Å²) in [5.41, 5.74) is 0. The molecule has 0 amide bonds. The summed E-state index contributed by atoms with van der Waals surface area (Å²) in [5.74, 6) is 0. The number of nitrogens with zero attached hydrogens (tertiary/aromatic N) is 4. The first-order valence-electron chi connectivity index (χ1n) is 5.79. The third-order valence-electron chi connectivity index (χ3n) is 3.15. The van der Waals surface area contributed by atoms with Crippen molar-refractivity contribution in [2.75, 3.05) is 65.7 Å². The predicted octanol–water partition coefficient (Wildman–Crippen LogP) is -0.850. The van der Waals surface area contributed by atoms with Gasteiger partial charge in [-0.15, -0.1) is 0 Å². The van der Waals surface area contributed by atoms with Gasteiger partial charge in [-0.05, 0) is 0 Å². The zero-order valence-corrected chi connectivity index (χ0v) is 8.86. The first kappa shape index (κ1) is 9.09. The van der Waals surface area contributed by atoms with E-state index in [9.17, 15) is 0 Å². The lowest BCUT2D eigenvalue weighted by molar-refractivity contribution is 0.163. The average Bonchev–Trinajstić information content (AvgIpc) is 2.92. The summed E-state index contributed by atoms with van der Waals surface area (Å²) < 4.78 is 0. The molecule has 0 bridgehead atoms. The third kappa shape index (κ3) is 2.92. The van der Waals surface area contributed by atoms with E-state index >= 15 is 0 Å². The second-order valence-electron chi connectivity index (χ2n) is 4.75. The maximum absolute atomic E-state index is 2.60. The standard InChI is InChI=1S/C10H20N4/c1-2-11(1)3-8-14(9-12-4-5-12)10-13-6-7-13/h1-10H2. The lowest BCUT2D eigenvalue weighted by atomic mass is 10.5. The smallest absolute Gasteiger partial charge is 0.0519 e. The Balaban J connectivity index is 1.39. The molecule has 80 valence electrons. The maximum atomic E-state index is 2.60. The summed E-state index contributed by atoms with van der Waals surface area (Å²) in [4.78, 5) is 10.1. The van der Waals surface area contributed by atoms with Crippen LogP contribution in [0, 0.1) is 0 Å². The zero-order chi connectivity index (χ0) is 9.38. The molecule has 0 N–H and O–H groups in total. The molecule has 3 aliphatic rings. The molecular formula is C10H20N4. The molecule has 3 heterocycles. The van der Waals surface area contributed by atoms with Gasteiger partial charge in [0.05, 0.1) is 13.3 Å². The molecule has 3 rings (SSSR count). The fraction of sp³-hybridized carbons (Fsp3) is 1.00. The van der Waals surface area contributed by atoms with Crippen LogP contribution in [-0.2, 0) is 0 Å². The number of hydrogen-bond donors (Lipinski definition) is 0. The highest BCUT2D eigenvalue weighted by atomic mass is 15.5. The van der Waals surface area contributed by atoms with Gasteiger partial charge in [0.25, 0.3) is 0 Å². The van der Waals surface area contributed by atoms with Crippen molar-refractivity contribution in [2.45, 2.75) is 0 Å². The molecule has 0 atom stereocenters. The van der Waals surface area contributed by atoms with Crippen LogP contribution in [0.3, 0.4) is 0 Å². The summed E-state index contributed by atoms with van der Waals surface area (Å²) in [6, 6.07) is 0. The van der Waals surface area contributed by atoms with Gasteiger partial charge in [0, 0.05) is 52.4 Å². The first-order chi connectivity index (χ1) is 6.90. The van der Waals surface area contributed by atoms with Crippen LogP contribution in [0.2, 0.25) is 0 Å². The highest BCUT2D eigenvalue weighted by Crippen LogP contribution is 2.11. The van der Waals surface area contributed by atoms with E-state index in [1.54, 1.807) is 0 Å². The van der Waals surface area contributed by atoms with Crippen molar-refractivity contribution >= 4 is 0 Å². The lowest BCUT2D eigenvalue weighted by Gasteiger charge is -2.23. The van der Waals surface area contributed by atoms with Gasteiger partial charge in [-0.2, -0.15) is 0 Å². The van der Waals surface area contributed by atoms with Crippen LogP contribution in [0.5, 0.6) is 0 Å². The van der Waals surface area contributed by atoms with E-state index in [-0.39, 0.29) is 0 Å². The van der Waals surface area contributed by atoms with Crippen molar-refractivity contribution in [3.8, 4) is 0 Å². The van der Waals surface area contributed by atoms with Gasteiger partial charge in [0.2, 0.25) is 0 Å². The van der Waals surface area contributed by atoms with Crippen LogP contribution in [0.1, 0.15) is 0 Å². The van der Waals surface area contributed by atoms with Crippen molar-refractivity contribution in [1.82, 2.24) is 19.6 Å². The molecule has 0 aliphatic carbocycles. The van der Waals surface area contributed by atoms with Crippen molar-refractivity contribution in [2.24, 2.45) is 0 Å². The Morgan fingerprint density at radius 1 is 0.714 bits per heavy atom. The van der Waals surface area contributed by atoms with Crippen LogP contribution in [0.15, 0.2) is 0 Å². The van der Waals surface area contributed by atoms with Gasteiger partial charge in [-0.1, -0.05) is 0 Å². The quantitative estimate of drug-likeness (QED) is 0.492. The van der Waals surface area contributed by atoms with Gasteiger partial charge >= 0.3 is 0 Å². The van der Waals surface area contributed by atoms with E-state index in [0.717, 1.165) is 0 Å². The Kier molecular flexibility index (Phi) is 2.45. The van der Waals surface area contributed by atoms with Crippen LogP contribution in [0.4, 0.5) is 0 Å². The fourth-order valence-corrected chi connectivity index (χ4v) is 1.75. The SMILES string of the molecule is C1CN1CCN(CN1CC1)CN1CC1. The van der Waals surface area contributed by atoms with E-state index < -0.39 is 0 Å². The number of hydrogen-bond acceptors (Lipinski definition) is 4. The summed E-state index contributed by atoms with van der Waals surface area (Å²) in [7, 11) is 0. The molecule has 0 aromatic rings. The van der Waals surface area contributed by atoms with E-state index in [0.29, 0.717) is 0 Å². The van der Waals surface area contributed by atoms with Gasteiger partial charge in [-0.25, -0.2) is 0 Å². The monoisotopic (exact) mass is 196 g/mol. The first-order valence-corrected chi connectivity index (χ1v) is 5.79. The van der Waals surface area contributed by atoms with E-state index in [1.165, 1.54) is 65.7 Å². The van der Waals surface area contributed by atoms with Crippen LogP contribution >= 0.6 is 0 Å². The minimum absolute atomic E-state index is 1.20. The maximum Gasteiger partial charge on any atom is 0.0519 e. The Bertz CT molecular complexity index is 182. The molecule has 0 aromatic carbocycles. The second kappa shape index (κ2) is 3.77. The fourth-order valence-electron chi connectivity index (χ4n) is 1.75. The third-order valence-corrected chi connectivity index (χ3v) is 3.15. The van der Waals surface area contributed by atoms with Crippen molar-refractivity contribution in [1.29, 1.82) is 0 Å². The summed E-state index contributed by atoms with van der Waals surface area (Å²) in [5, 5.41) is 0. The Morgan fingerprint density at radius 2 is 1.21 bits per heavy atom. The van der Waals surface area contributed by atoms with Crippen LogP contribution < -0.4 is 0 Å². The minimum Gasteiger partial charge on any atom is -0.300 e. The van der Waals surface area contributed by atoms with E-state index in [4.69, 9.17) is 0 Å². The molecule has 14 heavy (non-hydrogen) atoms. The second-order valence-corrected chi connectivity index (χ2v) is 4.75. The highest BCUT2D eigenvalue weighted by molar-refractivity contribution is 4.79. The zero-order valence-electron chi connectivity index (χ0n) is 8.86. The van der Waals surface area contributed by atoms with Gasteiger partial charge < -0.3 is 0 Å². The van der Waals surface area contributed by atoms with Gasteiger partial charge in [0.15, 0.2) is 0 Å². The largest absolute Gasteiger partial charge is 0.300 e. The molecule has 0 spiro atoms.